The molecule has 0 amide bonds. The Morgan fingerprint density at radius 2 is 1.64 bits per heavy atom. The number of carbonyl (C=O) groups excluding carboxylic acids is 1. The normalized spacial score (nSPS) is 14.1. The molecule has 0 aromatic carbocycles. The Morgan fingerprint density at radius 3 is 2.05 bits per heavy atom. The van der Waals surface area contributed by atoms with Crippen molar-refractivity contribution in [2.24, 2.45) is 0 Å². The van der Waals surface area contributed by atoms with Gasteiger partial charge in [0.2, 0.25) is 0 Å². The van der Waals surface area contributed by atoms with Crippen LogP contribution in [0.1, 0.15) is 79.1 Å². The van der Waals surface area contributed by atoms with E-state index in [1.165, 1.54) is 12.8 Å². The average molecular weight is 313 g/mol. The van der Waals surface area contributed by atoms with Crippen molar-refractivity contribution in [3.8, 4) is 0 Å². The van der Waals surface area contributed by atoms with Crippen molar-refractivity contribution in [3.05, 3.63) is 12.0 Å². The third kappa shape index (κ3) is 6.82. The number of aliphatic carboxylic acids is 1. The number of quaternary nitrogens is 1. The summed E-state index contributed by atoms with van der Waals surface area (Å²) in [5.74, 6) is -0.683. The molecule has 0 saturated carbocycles. The number of unbranched alkanes of at least 4 members (excludes halogenated alkanes) is 3. The zero-order valence-corrected chi connectivity index (χ0v) is 14.9. The summed E-state index contributed by atoms with van der Waals surface area (Å²) in [7, 11) is 0. The summed E-state index contributed by atoms with van der Waals surface area (Å²) in [6.07, 6.45) is 9.10. The van der Waals surface area contributed by atoms with Crippen LogP contribution in [0.4, 0.5) is 0 Å². The fraction of sp³-hybridized carbons (Fsp3) is 0.833. The van der Waals surface area contributed by atoms with Crippen molar-refractivity contribution in [1.29, 1.82) is 0 Å². The second-order valence-electron chi connectivity index (χ2n) is 6.22. The van der Waals surface area contributed by atoms with Crippen LogP contribution in [0.2, 0.25) is 0 Å². The van der Waals surface area contributed by atoms with E-state index in [-0.39, 0.29) is 0 Å². The van der Waals surface area contributed by atoms with Gasteiger partial charge in [0.25, 0.3) is 0 Å². The van der Waals surface area contributed by atoms with Gasteiger partial charge in [-0.15, -0.1) is 0 Å². The highest BCUT2D eigenvalue weighted by molar-refractivity contribution is 5.69. The van der Waals surface area contributed by atoms with Crippen molar-refractivity contribution in [3.63, 3.8) is 0 Å². The molecule has 22 heavy (non-hydrogen) atoms. The molecule has 1 unspecified atom stereocenters. The number of hydrogen-bond donors (Lipinski definition) is 1. The van der Waals surface area contributed by atoms with E-state index in [0.29, 0.717) is 23.1 Å². The van der Waals surface area contributed by atoms with Crippen LogP contribution in [0.15, 0.2) is 12.0 Å². The molecule has 0 heterocycles. The minimum Gasteiger partial charge on any atom is -0.544 e. The SMILES string of the molecule is CCCCCC/C(O)=C/[N+](CCC)(CCC)C(CC)C(=O)[O-]. The van der Waals surface area contributed by atoms with Crippen LogP contribution in [-0.4, -0.2) is 34.7 Å². The minimum absolute atomic E-state index is 0.311. The molecule has 4 nitrogen and oxygen atoms in total. The number of rotatable bonds is 13. The van der Waals surface area contributed by atoms with Gasteiger partial charge >= 0.3 is 0 Å². The number of aliphatic hydroxyl groups is 1. The summed E-state index contributed by atoms with van der Waals surface area (Å²) in [4.78, 5) is 11.6. The molecule has 0 saturated heterocycles. The van der Waals surface area contributed by atoms with E-state index in [1.54, 1.807) is 6.20 Å². The summed E-state index contributed by atoms with van der Waals surface area (Å²) >= 11 is 0. The van der Waals surface area contributed by atoms with Crippen LogP contribution in [0.3, 0.4) is 0 Å². The number of aliphatic hydroxyl groups excluding tert-OH is 1. The van der Waals surface area contributed by atoms with Crippen LogP contribution in [-0.2, 0) is 4.79 Å². The molecule has 0 aromatic rings. The third-order valence-electron chi connectivity index (χ3n) is 4.25. The quantitative estimate of drug-likeness (QED) is 0.321. The minimum atomic E-state index is -1.01. The van der Waals surface area contributed by atoms with Gasteiger partial charge in [0.05, 0.1) is 19.1 Å². The van der Waals surface area contributed by atoms with Gasteiger partial charge in [-0.3, -0.25) is 4.48 Å². The molecule has 1 atom stereocenters. The first-order chi connectivity index (χ1) is 10.5. The second-order valence-corrected chi connectivity index (χ2v) is 6.22. The lowest BCUT2D eigenvalue weighted by Gasteiger charge is -2.42. The van der Waals surface area contributed by atoms with E-state index in [2.05, 4.69) is 20.8 Å². The standard InChI is InChI=1S/C18H35NO3/c1-5-9-10-11-12-16(20)15-19(13-6-2,14-7-3)17(8-4)18(21)22/h15,17H,5-14H2,1-4H3,(H-,20,21,22)/b16-15-. The molecule has 0 aliphatic heterocycles. The van der Waals surface area contributed by atoms with Gasteiger partial charge in [-0.05, 0) is 19.3 Å². The highest BCUT2D eigenvalue weighted by atomic mass is 16.4. The number of hydrogen-bond acceptors (Lipinski definition) is 3. The first-order valence-corrected chi connectivity index (χ1v) is 8.95. The van der Waals surface area contributed by atoms with Gasteiger partial charge in [0.1, 0.15) is 18.0 Å². The molecular formula is C18H35NO3. The zero-order valence-electron chi connectivity index (χ0n) is 14.9. The first kappa shape index (κ1) is 21.0. The summed E-state index contributed by atoms with van der Waals surface area (Å²) in [5, 5.41) is 21.9. The second kappa shape index (κ2) is 11.5. The highest BCUT2D eigenvalue weighted by Gasteiger charge is 2.34. The maximum absolute atomic E-state index is 11.6. The molecule has 0 rings (SSSR count). The zero-order chi connectivity index (χ0) is 17.0. The molecule has 0 spiro atoms. The summed E-state index contributed by atoms with van der Waals surface area (Å²) in [5.41, 5.74) is 0. The molecular weight excluding hydrogens is 278 g/mol. The largest absolute Gasteiger partial charge is 0.544 e. The Bertz CT molecular complexity index is 333. The fourth-order valence-corrected chi connectivity index (χ4v) is 3.31. The Morgan fingerprint density at radius 1 is 1.05 bits per heavy atom. The first-order valence-electron chi connectivity index (χ1n) is 8.95. The molecule has 0 bridgehead atoms. The summed E-state index contributed by atoms with van der Waals surface area (Å²) in [6.45, 7) is 9.59. The van der Waals surface area contributed by atoms with E-state index in [9.17, 15) is 15.0 Å². The molecule has 1 N–H and O–H groups in total. The molecule has 0 radical (unpaired) electrons. The Hall–Kier alpha value is -1.03. The maximum Gasteiger partial charge on any atom is 0.145 e. The lowest BCUT2D eigenvalue weighted by molar-refractivity contribution is -0.899. The number of carboxylic acid groups (broad SMARTS) is 1. The van der Waals surface area contributed by atoms with Gasteiger partial charge < -0.3 is 15.0 Å². The average Bonchev–Trinajstić information content (AvgIpc) is 2.44. The van der Waals surface area contributed by atoms with Crippen LogP contribution in [0, 0.1) is 0 Å². The van der Waals surface area contributed by atoms with E-state index < -0.39 is 12.0 Å². The number of carbonyl (C=O) groups is 1. The van der Waals surface area contributed by atoms with E-state index in [1.807, 2.05) is 6.92 Å². The molecule has 0 aromatic heterocycles. The maximum atomic E-state index is 11.6. The van der Waals surface area contributed by atoms with Crippen molar-refractivity contribution in [2.75, 3.05) is 13.1 Å². The number of carboxylic acids is 1. The Kier molecular flexibility index (Phi) is 11.0. The fourth-order valence-electron chi connectivity index (χ4n) is 3.31. The van der Waals surface area contributed by atoms with Crippen LogP contribution in [0.25, 0.3) is 0 Å². The van der Waals surface area contributed by atoms with Gasteiger partial charge in [-0.25, -0.2) is 0 Å². The van der Waals surface area contributed by atoms with E-state index in [4.69, 9.17) is 0 Å². The van der Waals surface area contributed by atoms with Crippen LogP contribution in [0.5, 0.6) is 0 Å². The number of allylic oxidation sites excluding steroid dienone is 1. The third-order valence-corrected chi connectivity index (χ3v) is 4.25. The van der Waals surface area contributed by atoms with Crippen LogP contribution < -0.4 is 5.11 Å². The van der Waals surface area contributed by atoms with Crippen molar-refractivity contribution in [1.82, 2.24) is 0 Å². The van der Waals surface area contributed by atoms with Crippen molar-refractivity contribution in [2.45, 2.75) is 85.1 Å². The van der Waals surface area contributed by atoms with E-state index in [0.717, 1.165) is 38.8 Å². The topological polar surface area (TPSA) is 60.4 Å². The lowest BCUT2D eigenvalue weighted by Crippen LogP contribution is -2.59. The van der Waals surface area contributed by atoms with Gasteiger partial charge in [0, 0.05) is 12.8 Å². The molecule has 130 valence electrons. The predicted molar refractivity (Wildman–Crippen MR) is 89.1 cm³/mol. The smallest absolute Gasteiger partial charge is 0.145 e. The molecule has 0 aliphatic carbocycles. The molecule has 0 fully saturated rings. The predicted octanol–water partition coefficient (Wildman–Crippen LogP) is 3.52. The lowest BCUT2D eigenvalue weighted by atomic mass is 10.1. The van der Waals surface area contributed by atoms with Crippen LogP contribution >= 0.6 is 0 Å². The van der Waals surface area contributed by atoms with Gasteiger partial charge in [-0.1, -0.05) is 47.0 Å². The van der Waals surface area contributed by atoms with Crippen molar-refractivity contribution >= 4 is 5.97 Å². The van der Waals surface area contributed by atoms with Gasteiger partial charge in [-0.2, -0.15) is 0 Å². The summed E-state index contributed by atoms with van der Waals surface area (Å²) < 4.78 is 0.311. The monoisotopic (exact) mass is 313 g/mol. The molecule has 0 aliphatic rings. The Balaban J connectivity index is 5.22. The van der Waals surface area contributed by atoms with E-state index >= 15 is 0 Å². The van der Waals surface area contributed by atoms with Gasteiger partial charge in [0.15, 0.2) is 0 Å². The summed E-state index contributed by atoms with van der Waals surface area (Å²) in [6, 6.07) is -0.585. The number of nitrogens with zero attached hydrogens (tertiary/aromatic N) is 1. The highest BCUT2D eigenvalue weighted by Crippen LogP contribution is 2.23. The molecule has 4 heteroatoms. The van der Waals surface area contributed by atoms with Crippen molar-refractivity contribution < 1.29 is 19.5 Å². The Labute approximate surface area is 136 Å².